The van der Waals surface area contributed by atoms with Crippen molar-refractivity contribution in [3.63, 3.8) is 0 Å². The molecule has 3 aromatic rings. The second kappa shape index (κ2) is 5.25. The van der Waals surface area contributed by atoms with Gasteiger partial charge in [-0.3, -0.25) is 0 Å². The number of carbonyl (C=O) groups is 1. The van der Waals surface area contributed by atoms with Crippen molar-refractivity contribution in [1.82, 2.24) is 0 Å². The van der Waals surface area contributed by atoms with Crippen LogP contribution in [0.3, 0.4) is 0 Å². The van der Waals surface area contributed by atoms with Crippen molar-refractivity contribution in [2.24, 2.45) is 0 Å². The van der Waals surface area contributed by atoms with Crippen LogP contribution in [-0.2, 0) is 4.74 Å². The van der Waals surface area contributed by atoms with E-state index in [1.807, 2.05) is 42.5 Å². The summed E-state index contributed by atoms with van der Waals surface area (Å²) in [5, 5.41) is 2.33. The maximum atomic E-state index is 12.2. The van der Waals surface area contributed by atoms with Crippen LogP contribution in [0, 0.1) is 0 Å². The third-order valence-corrected chi connectivity index (χ3v) is 5.05. The predicted molar refractivity (Wildman–Crippen MR) is 90.2 cm³/mol. The van der Waals surface area contributed by atoms with Gasteiger partial charge in [-0.15, -0.1) is 0 Å². The predicted octanol–water partition coefficient (Wildman–Crippen LogP) is 5.19. The fourth-order valence-electron chi connectivity index (χ4n) is 2.95. The van der Waals surface area contributed by atoms with E-state index in [0.29, 0.717) is 5.56 Å². The average molecular weight is 353 g/mol. The van der Waals surface area contributed by atoms with E-state index in [2.05, 4.69) is 40.2 Å². The molecule has 0 bridgehead atoms. The molecule has 0 aliphatic carbocycles. The molecule has 1 aliphatic rings. The molecule has 0 amide bonds. The standard InChI is InChI=1S/C19H13BrO2/c20-17-15-7-3-4-8-16(15)19(21)22-18(17)14-10-9-12-5-1-2-6-13(12)11-14/h1-11,17-18H. The largest absolute Gasteiger partial charge is 0.452 e. The first-order chi connectivity index (χ1) is 10.7. The maximum Gasteiger partial charge on any atom is 0.339 e. The quantitative estimate of drug-likeness (QED) is 0.445. The number of halogens is 1. The molecule has 0 fully saturated rings. The normalized spacial score (nSPS) is 20.5. The van der Waals surface area contributed by atoms with Crippen LogP contribution in [0.25, 0.3) is 10.8 Å². The van der Waals surface area contributed by atoms with E-state index >= 15 is 0 Å². The summed E-state index contributed by atoms with van der Waals surface area (Å²) in [5.74, 6) is -0.260. The summed E-state index contributed by atoms with van der Waals surface area (Å²) in [4.78, 5) is 12.2. The molecule has 3 heteroatoms. The number of rotatable bonds is 1. The summed E-state index contributed by atoms with van der Waals surface area (Å²) in [6.45, 7) is 0. The summed E-state index contributed by atoms with van der Waals surface area (Å²) >= 11 is 3.70. The van der Waals surface area contributed by atoms with E-state index in [0.717, 1.165) is 16.5 Å². The lowest BCUT2D eigenvalue weighted by molar-refractivity contribution is 0.0249. The van der Waals surface area contributed by atoms with Gasteiger partial charge >= 0.3 is 5.97 Å². The molecule has 0 aromatic heterocycles. The highest BCUT2D eigenvalue weighted by molar-refractivity contribution is 9.09. The Morgan fingerprint density at radius 2 is 1.59 bits per heavy atom. The molecule has 2 atom stereocenters. The Morgan fingerprint density at radius 1 is 0.864 bits per heavy atom. The van der Waals surface area contributed by atoms with Crippen molar-refractivity contribution in [3.05, 3.63) is 83.4 Å². The Kier molecular flexibility index (Phi) is 3.23. The SMILES string of the molecule is O=C1OC(c2ccc3ccccc3c2)C(Br)c2ccccc21. The van der Waals surface area contributed by atoms with Gasteiger partial charge in [0.1, 0.15) is 6.10 Å². The molecular formula is C19H13BrO2. The number of alkyl halides is 1. The molecule has 2 unspecified atom stereocenters. The first-order valence-corrected chi connectivity index (χ1v) is 8.08. The number of carbonyl (C=O) groups excluding carboxylic acids is 1. The summed E-state index contributed by atoms with van der Waals surface area (Å²) in [6, 6.07) is 22.0. The second-order valence-electron chi connectivity index (χ2n) is 5.42. The zero-order valence-electron chi connectivity index (χ0n) is 11.7. The summed E-state index contributed by atoms with van der Waals surface area (Å²) < 4.78 is 5.67. The zero-order valence-corrected chi connectivity index (χ0v) is 13.3. The molecule has 1 heterocycles. The van der Waals surface area contributed by atoms with Gasteiger partial charge in [-0.1, -0.05) is 70.5 Å². The van der Waals surface area contributed by atoms with Crippen LogP contribution < -0.4 is 0 Å². The van der Waals surface area contributed by atoms with Gasteiger partial charge in [0.25, 0.3) is 0 Å². The minimum absolute atomic E-state index is 0.0393. The van der Waals surface area contributed by atoms with E-state index < -0.39 is 0 Å². The maximum absolute atomic E-state index is 12.2. The van der Waals surface area contributed by atoms with Gasteiger partial charge in [0, 0.05) is 0 Å². The molecule has 1 aliphatic heterocycles. The smallest absolute Gasteiger partial charge is 0.339 e. The number of benzene rings is 3. The lowest BCUT2D eigenvalue weighted by Gasteiger charge is -2.30. The Labute approximate surface area is 136 Å². The summed E-state index contributed by atoms with van der Waals surface area (Å²) in [7, 11) is 0. The number of fused-ring (bicyclic) bond motifs is 2. The van der Waals surface area contributed by atoms with Crippen LogP contribution >= 0.6 is 15.9 Å². The number of esters is 1. The molecule has 0 radical (unpaired) electrons. The number of ether oxygens (including phenoxy) is 1. The van der Waals surface area contributed by atoms with Gasteiger partial charge < -0.3 is 4.74 Å². The van der Waals surface area contributed by atoms with E-state index in [4.69, 9.17) is 4.74 Å². The fourth-order valence-corrected chi connectivity index (χ4v) is 3.76. The zero-order chi connectivity index (χ0) is 15.1. The molecule has 0 saturated heterocycles. The van der Waals surface area contributed by atoms with Crippen LogP contribution in [0.2, 0.25) is 0 Å². The van der Waals surface area contributed by atoms with Crippen LogP contribution in [-0.4, -0.2) is 5.97 Å². The molecule has 108 valence electrons. The molecule has 0 spiro atoms. The molecular weight excluding hydrogens is 340 g/mol. The highest BCUT2D eigenvalue weighted by Crippen LogP contribution is 2.44. The van der Waals surface area contributed by atoms with E-state index in [9.17, 15) is 4.79 Å². The fraction of sp³-hybridized carbons (Fsp3) is 0.105. The van der Waals surface area contributed by atoms with Gasteiger partial charge in [0.2, 0.25) is 0 Å². The first kappa shape index (κ1) is 13.5. The van der Waals surface area contributed by atoms with Crippen LogP contribution in [0.1, 0.15) is 32.4 Å². The molecule has 0 N–H and O–H groups in total. The lowest BCUT2D eigenvalue weighted by Crippen LogP contribution is -2.23. The van der Waals surface area contributed by atoms with Crippen LogP contribution in [0.15, 0.2) is 66.7 Å². The monoisotopic (exact) mass is 352 g/mol. The lowest BCUT2D eigenvalue weighted by atomic mass is 9.93. The Bertz CT molecular complexity index is 872. The summed E-state index contributed by atoms with van der Waals surface area (Å²) in [6.07, 6.45) is -0.313. The van der Waals surface area contributed by atoms with Crippen molar-refractivity contribution in [2.75, 3.05) is 0 Å². The Balaban J connectivity index is 1.80. The number of cyclic esters (lactones) is 1. The number of hydrogen-bond donors (Lipinski definition) is 0. The highest BCUT2D eigenvalue weighted by Gasteiger charge is 2.34. The average Bonchev–Trinajstić information content (AvgIpc) is 2.58. The van der Waals surface area contributed by atoms with Crippen molar-refractivity contribution in [3.8, 4) is 0 Å². The van der Waals surface area contributed by atoms with E-state index in [1.165, 1.54) is 5.39 Å². The molecule has 3 aromatic carbocycles. The molecule has 4 rings (SSSR count). The Hall–Kier alpha value is -2.13. The second-order valence-corrected chi connectivity index (χ2v) is 6.41. The minimum Gasteiger partial charge on any atom is -0.452 e. The minimum atomic E-state index is -0.313. The van der Waals surface area contributed by atoms with Gasteiger partial charge in [-0.05, 0) is 34.0 Å². The number of hydrogen-bond acceptors (Lipinski definition) is 2. The van der Waals surface area contributed by atoms with Gasteiger partial charge in [0.15, 0.2) is 0 Å². The highest BCUT2D eigenvalue weighted by atomic mass is 79.9. The van der Waals surface area contributed by atoms with Crippen molar-refractivity contribution in [1.29, 1.82) is 0 Å². The van der Waals surface area contributed by atoms with Crippen molar-refractivity contribution < 1.29 is 9.53 Å². The third-order valence-electron chi connectivity index (χ3n) is 4.08. The van der Waals surface area contributed by atoms with Crippen LogP contribution in [0.5, 0.6) is 0 Å². The van der Waals surface area contributed by atoms with Gasteiger partial charge in [0.05, 0.1) is 10.4 Å². The van der Waals surface area contributed by atoms with Crippen LogP contribution in [0.4, 0.5) is 0 Å². The van der Waals surface area contributed by atoms with Gasteiger partial charge in [-0.25, -0.2) is 4.79 Å². The van der Waals surface area contributed by atoms with Crippen molar-refractivity contribution in [2.45, 2.75) is 10.9 Å². The Morgan fingerprint density at radius 3 is 2.45 bits per heavy atom. The molecule has 22 heavy (non-hydrogen) atoms. The van der Waals surface area contributed by atoms with E-state index in [-0.39, 0.29) is 16.9 Å². The molecule has 2 nitrogen and oxygen atoms in total. The first-order valence-electron chi connectivity index (χ1n) is 7.17. The summed E-state index contributed by atoms with van der Waals surface area (Å²) in [5.41, 5.74) is 2.63. The molecule has 0 saturated carbocycles. The van der Waals surface area contributed by atoms with Crippen molar-refractivity contribution >= 4 is 32.7 Å². The van der Waals surface area contributed by atoms with E-state index in [1.54, 1.807) is 0 Å². The van der Waals surface area contributed by atoms with Gasteiger partial charge in [-0.2, -0.15) is 0 Å². The topological polar surface area (TPSA) is 26.3 Å². The third kappa shape index (κ3) is 2.13.